The highest BCUT2D eigenvalue weighted by molar-refractivity contribution is 5.93. The summed E-state index contributed by atoms with van der Waals surface area (Å²) < 4.78 is 0. The number of benzene rings is 1. The minimum Gasteiger partial charge on any atom is -0.324 e. The molecule has 0 saturated carbocycles. The van der Waals surface area contributed by atoms with Gasteiger partial charge in [0.05, 0.1) is 6.54 Å². The zero-order chi connectivity index (χ0) is 15.7. The van der Waals surface area contributed by atoms with Gasteiger partial charge < -0.3 is 5.32 Å². The van der Waals surface area contributed by atoms with Crippen LogP contribution in [0.3, 0.4) is 0 Å². The maximum atomic E-state index is 12.3. The molecule has 0 aliphatic rings. The third-order valence-electron chi connectivity index (χ3n) is 3.77. The average molecular weight is 327 g/mol. The van der Waals surface area contributed by atoms with E-state index in [-0.39, 0.29) is 18.3 Å². The molecule has 1 amide bonds. The molecule has 0 aliphatic carbocycles. The molecule has 1 aromatic rings. The van der Waals surface area contributed by atoms with Crippen molar-refractivity contribution in [2.75, 3.05) is 25.0 Å². The lowest BCUT2D eigenvalue weighted by molar-refractivity contribution is -0.117. The Kier molecular flexibility index (Phi) is 10.9. The zero-order valence-electron chi connectivity index (χ0n) is 14.4. The van der Waals surface area contributed by atoms with Crippen LogP contribution in [-0.2, 0) is 4.79 Å². The molecular formula is C18H31ClN2O. The van der Waals surface area contributed by atoms with Gasteiger partial charge in [-0.25, -0.2) is 0 Å². The van der Waals surface area contributed by atoms with E-state index in [0.717, 1.165) is 42.7 Å². The first kappa shape index (κ1) is 20.9. The fraction of sp³-hybridized carbons (Fsp3) is 0.611. The molecular weight excluding hydrogens is 296 g/mol. The Morgan fingerprint density at radius 2 is 1.55 bits per heavy atom. The van der Waals surface area contributed by atoms with Crippen LogP contribution < -0.4 is 5.32 Å². The van der Waals surface area contributed by atoms with Gasteiger partial charge in [0, 0.05) is 5.69 Å². The van der Waals surface area contributed by atoms with Gasteiger partial charge in [-0.1, -0.05) is 44.9 Å². The number of hydrogen-bond donors (Lipinski definition) is 1. The van der Waals surface area contributed by atoms with Crippen LogP contribution in [0.15, 0.2) is 18.2 Å². The van der Waals surface area contributed by atoms with Gasteiger partial charge in [0.25, 0.3) is 0 Å². The third kappa shape index (κ3) is 7.28. The summed E-state index contributed by atoms with van der Waals surface area (Å²) in [7, 11) is 0. The summed E-state index contributed by atoms with van der Waals surface area (Å²) in [6, 6.07) is 6.10. The summed E-state index contributed by atoms with van der Waals surface area (Å²) in [5, 5.41) is 3.08. The van der Waals surface area contributed by atoms with Crippen molar-refractivity contribution in [1.82, 2.24) is 4.90 Å². The second-order valence-electron chi connectivity index (χ2n) is 5.80. The van der Waals surface area contributed by atoms with Crippen molar-refractivity contribution in [3.63, 3.8) is 0 Å². The molecule has 0 bridgehead atoms. The fourth-order valence-electron chi connectivity index (χ4n) is 2.43. The average Bonchev–Trinajstić information content (AvgIpc) is 2.46. The molecule has 0 heterocycles. The number of anilines is 1. The van der Waals surface area contributed by atoms with E-state index in [4.69, 9.17) is 0 Å². The molecule has 0 atom stereocenters. The molecule has 126 valence electrons. The number of nitrogens with one attached hydrogen (secondary N) is 1. The number of nitrogens with zero attached hydrogens (tertiary/aromatic N) is 1. The number of halogens is 1. The maximum Gasteiger partial charge on any atom is 0.238 e. The predicted octanol–water partition coefficient (Wildman–Crippen LogP) is 4.57. The van der Waals surface area contributed by atoms with Gasteiger partial charge in [-0.3, -0.25) is 9.69 Å². The van der Waals surface area contributed by atoms with Crippen molar-refractivity contribution in [2.45, 2.75) is 53.4 Å². The Labute approximate surface area is 141 Å². The van der Waals surface area contributed by atoms with Gasteiger partial charge in [-0.2, -0.15) is 0 Å². The van der Waals surface area contributed by atoms with Gasteiger partial charge in [0.1, 0.15) is 0 Å². The number of rotatable bonds is 9. The highest BCUT2D eigenvalue weighted by atomic mass is 35.5. The second-order valence-corrected chi connectivity index (χ2v) is 5.80. The summed E-state index contributed by atoms with van der Waals surface area (Å²) >= 11 is 0. The van der Waals surface area contributed by atoms with Crippen LogP contribution in [0, 0.1) is 13.8 Å². The summed E-state index contributed by atoms with van der Waals surface area (Å²) in [6.45, 7) is 11.0. The molecule has 3 nitrogen and oxygen atoms in total. The second kappa shape index (κ2) is 11.5. The van der Waals surface area contributed by atoms with Gasteiger partial charge in [0.15, 0.2) is 0 Å². The van der Waals surface area contributed by atoms with Crippen LogP contribution in [0.2, 0.25) is 0 Å². The first-order chi connectivity index (χ1) is 10.1. The largest absolute Gasteiger partial charge is 0.324 e. The van der Waals surface area contributed by atoms with Crippen molar-refractivity contribution in [2.24, 2.45) is 0 Å². The van der Waals surface area contributed by atoms with Crippen molar-refractivity contribution in [1.29, 1.82) is 0 Å². The number of unbranched alkanes of at least 4 members (excludes halogenated alkanes) is 2. The molecule has 0 saturated heterocycles. The van der Waals surface area contributed by atoms with Crippen molar-refractivity contribution in [3.05, 3.63) is 29.3 Å². The van der Waals surface area contributed by atoms with Gasteiger partial charge in [-0.15, -0.1) is 12.4 Å². The van der Waals surface area contributed by atoms with E-state index in [9.17, 15) is 4.79 Å². The highest BCUT2D eigenvalue weighted by Gasteiger charge is 2.12. The predicted molar refractivity (Wildman–Crippen MR) is 98.0 cm³/mol. The number of carbonyl (C=O) groups excluding carboxylic acids is 1. The third-order valence-corrected chi connectivity index (χ3v) is 3.77. The number of amides is 1. The lowest BCUT2D eigenvalue weighted by atomic mass is 10.1. The number of hydrogen-bond acceptors (Lipinski definition) is 2. The Morgan fingerprint density at radius 1 is 1.05 bits per heavy atom. The van der Waals surface area contributed by atoms with Gasteiger partial charge >= 0.3 is 0 Å². The molecule has 0 fully saturated rings. The van der Waals surface area contributed by atoms with Crippen LogP contribution in [0.5, 0.6) is 0 Å². The SMILES string of the molecule is CCCCN(CCCC)CC(=O)Nc1c(C)cccc1C.Cl. The van der Waals surface area contributed by atoms with E-state index in [1.165, 1.54) is 12.8 Å². The first-order valence-electron chi connectivity index (χ1n) is 8.16. The van der Waals surface area contributed by atoms with Crippen LogP contribution in [-0.4, -0.2) is 30.4 Å². The number of para-hydroxylation sites is 1. The molecule has 4 heteroatoms. The van der Waals surface area contributed by atoms with Crippen LogP contribution in [0.4, 0.5) is 5.69 Å². The van der Waals surface area contributed by atoms with E-state index in [1.807, 2.05) is 32.0 Å². The Morgan fingerprint density at radius 3 is 2.00 bits per heavy atom. The van der Waals surface area contributed by atoms with E-state index in [1.54, 1.807) is 0 Å². The highest BCUT2D eigenvalue weighted by Crippen LogP contribution is 2.19. The smallest absolute Gasteiger partial charge is 0.238 e. The van der Waals surface area contributed by atoms with Crippen molar-refractivity contribution >= 4 is 24.0 Å². The maximum absolute atomic E-state index is 12.3. The lowest BCUT2D eigenvalue weighted by Gasteiger charge is -2.22. The van der Waals surface area contributed by atoms with Gasteiger partial charge in [-0.05, 0) is 50.9 Å². The molecule has 0 radical (unpaired) electrons. The normalized spacial score (nSPS) is 10.4. The molecule has 0 aliphatic heterocycles. The van der Waals surface area contributed by atoms with Gasteiger partial charge in [0.2, 0.25) is 5.91 Å². The summed E-state index contributed by atoms with van der Waals surface area (Å²) in [6.07, 6.45) is 4.64. The van der Waals surface area contributed by atoms with Crippen LogP contribution in [0.25, 0.3) is 0 Å². The van der Waals surface area contributed by atoms with Crippen molar-refractivity contribution < 1.29 is 4.79 Å². The number of carbonyl (C=O) groups is 1. The minimum absolute atomic E-state index is 0. The summed E-state index contributed by atoms with van der Waals surface area (Å²) in [5.41, 5.74) is 3.21. The molecule has 1 aromatic carbocycles. The topological polar surface area (TPSA) is 32.3 Å². The molecule has 0 aromatic heterocycles. The lowest BCUT2D eigenvalue weighted by Crippen LogP contribution is -2.35. The fourth-order valence-corrected chi connectivity index (χ4v) is 2.43. The van der Waals surface area contributed by atoms with Crippen LogP contribution in [0.1, 0.15) is 50.7 Å². The first-order valence-corrected chi connectivity index (χ1v) is 8.16. The Bertz CT molecular complexity index is 420. The summed E-state index contributed by atoms with van der Waals surface area (Å²) in [4.78, 5) is 14.6. The van der Waals surface area contributed by atoms with Crippen molar-refractivity contribution in [3.8, 4) is 0 Å². The minimum atomic E-state index is 0. The van der Waals surface area contributed by atoms with Crippen LogP contribution >= 0.6 is 12.4 Å². The van der Waals surface area contributed by atoms with E-state index in [0.29, 0.717) is 6.54 Å². The van der Waals surface area contributed by atoms with E-state index < -0.39 is 0 Å². The zero-order valence-corrected chi connectivity index (χ0v) is 15.3. The molecule has 0 spiro atoms. The molecule has 22 heavy (non-hydrogen) atoms. The molecule has 1 N–H and O–H groups in total. The Hall–Kier alpha value is -1.06. The number of aryl methyl sites for hydroxylation is 2. The summed E-state index contributed by atoms with van der Waals surface area (Å²) in [5.74, 6) is 0.0969. The molecule has 0 unspecified atom stereocenters. The monoisotopic (exact) mass is 326 g/mol. The van der Waals surface area contributed by atoms with E-state index in [2.05, 4.69) is 24.1 Å². The standard InChI is InChI=1S/C18H30N2O.ClH/c1-5-7-12-20(13-8-6-2)14-17(21)19-18-15(3)10-9-11-16(18)4;/h9-11H,5-8,12-14H2,1-4H3,(H,19,21);1H. The van der Waals surface area contributed by atoms with E-state index >= 15 is 0 Å². The molecule has 1 rings (SSSR count). The quantitative estimate of drug-likeness (QED) is 0.721. The Balaban J connectivity index is 0.00000441.